The van der Waals surface area contributed by atoms with Gasteiger partial charge in [0.2, 0.25) is 11.8 Å². The molecule has 2 unspecified atom stereocenters. The molecule has 6 heteroatoms. The largest absolute Gasteiger partial charge is 0.465 e. The van der Waals surface area contributed by atoms with Crippen LogP contribution in [0, 0.1) is 17.8 Å². The summed E-state index contributed by atoms with van der Waals surface area (Å²) in [5.41, 5.74) is 0. The third-order valence-electron chi connectivity index (χ3n) is 6.44. The van der Waals surface area contributed by atoms with Crippen LogP contribution in [0.3, 0.4) is 0 Å². The molecule has 0 radical (unpaired) electrons. The highest BCUT2D eigenvalue weighted by Gasteiger charge is 2.31. The zero-order chi connectivity index (χ0) is 22.4. The van der Waals surface area contributed by atoms with Crippen LogP contribution < -0.4 is 10.6 Å². The fraction of sp³-hybridized carbons (Fsp3) is 0.875. The molecule has 0 aromatic heterocycles. The van der Waals surface area contributed by atoms with E-state index < -0.39 is 12.0 Å². The van der Waals surface area contributed by atoms with Crippen LogP contribution in [0.1, 0.15) is 98.3 Å². The molecule has 1 aliphatic rings. The van der Waals surface area contributed by atoms with Gasteiger partial charge in [-0.25, -0.2) is 0 Å². The van der Waals surface area contributed by atoms with Crippen LogP contribution >= 0.6 is 0 Å². The molecule has 0 aromatic rings. The average Bonchev–Trinajstić information content (AvgIpc) is 2.75. The maximum Gasteiger partial charge on any atom is 0.325 e. The van der Waals surface area contributed by atoms with Gasteiger partial charge in [-0.1, -0.05) is 65.7 Å². The maximum atomic E-state index is 12.8. The molecular formula is C24H44N2O4. The Hall–Kier alpha value is -1.59. The summed E-state index contributed by atoms with van der Waals surface area (Å²) in [4.78, 5) is 36.9. The molecule has 2 amide bonds. The molecule has 2 atom stereocenters. The average molecular weight is 425 g/mol. The minimum Gasteiger partial charge on any atom is -0.465 e. The number of esters is 1. The van der Waals surface area contributed by atoms with Crippen LogP contribution in [0.4, 0.5) is 0 Å². The topological polar surface area (TPSA) is 84.5 Å². The smallest absolute Gasteiger partial charge is 0.325 e. The zero-order valence-corrected chi connectivity index (χ0v) is 19.6. The molecule has 2 N–H and O–H groups in total. The van der Waals surface area contributed by atoms with Crippen molar-refractivity contribution in [1.82, 2.24) is 10.6 Å². The molecular weight excluding hydrogens is 380 g/mol. The van der Waals surface area contributed by atoms with Gasteiger partial charge in [-0.15, -0.1) is 0 Å². The lowest BCUT2D eigenvalue weighted by Crippen LogP contribution is -2.52. The van der Waals surface area contributed by atoms with Crippen molar-refractivity contribution in [3.63, 3.8) is 0 Å². The lowest BCUT2D eigenvalue weighted by Gasteiger charge is -2.30. The van der Waals surface area contributed by atoms with E-state index in [0.29, 0.717) is 0 Å². The number of nitrogens with one attached hydrogen (secondary N) is 2. The van der Waals surface area contributed by atoms with Gasteiger partial charge in [0.05, 0.1) is 6.61 Å². The lowest BCUT2D eigenvalue weighted by atomic mass is 9.79. The Labute approximate surface area is 183 Å². The number of carbonyl (C=O) groups excluding carboxylic acids is 3. The number of ether oxygens (including phenoxy) is 1. The first-order valence-electron chi connectivity index (χ1n) is 12.2. The van der Waals surface area contributed by atoms with Crippen LogP contribution in [-0.4, -0.2) is 37.0 Å². The Kier molecular flexibility index (Phi) is 13.4. The normalized spacial score (nSPS) is 20.8. The quantitative estimate of drug-likeness (QED) is 0.320. The van der Waals surface area contributed by atoms with Gasteiger partial charge in [-0.05, 0) is 44.4 Å². The summed E-state index contributed by atoms with van der Waals surface area (Å²) in [5, 5.41) is 5.58. The van der Waals surface area contributed by atoms with Crippen LogP contribution in [-0.2, 0) is 19.1 Å². The van der Waals surface area contributed by atoms with Crippen LogP contribution in [0.15, 0.2) is 0 Å². The third kappa shape index (κ3) is 9.94. The predicted molar refractivity (Wildman–Crippen MR) is 120 cm³/mol. The van der Waals surface area contributed by atoms with Crippen molar-refractivity contribution in [2.75, 3.05) is 13.2 Å². The summed E-state index contributed by atoms with van der Waals surface area (Å²) >= 11 is 0. The summed E-state index contributed by atoms with van der Waals surface area (Å²) in [6, 6.07) is -0.617. The van der Waals surface area contributed by atoms with E-state index in [1.165, 1.54) is 38.5 Å². The molecule has 6 nitrogen and oxygen atoms in total. The highest BCUT2D eigenvalue weighted by atomic mass is 16.5. The molecule has 0 spiro atoms. The highest BCUT2D eigenvalue weighted by Crippen LogP contribution is 2.32. The fourth-order valence-electron chi connectivity index (χ4n) is 4.20. The molecule has 0 aliphatic heterocycles. The van der Waals surface area contributed by atoms with E-state index in [4.69, 9.17) is 4.74 Å². The standard InChI is InChI=1S/C24H44N2O4/c1-5-8-9-10-11-12-19-13-15-20(16-14-19)23(28)26-22(18(4)6-2)24(29)25-17-21(27)30-7-3/h18-20,22H,5-17H2,1-4H3,(H,25,29)(H,26,28). The third-order valence-corrected chi connectivity index (χ3v) is 6.44. The monoisotopic (exact) mass is 424 g/mol. The van der Waals surface area contributed by atoms with Gasteiger partial charge in [0.1, 0.15) is 12.6 Å². The van der Waals surface area contributed by atoms with E-state index in [1.807, 2.05) is 13.8 Å². The number of unbranched alkanes of at least 4 members (excludes halogenated alkanes) is 4. The molecule has 0 saturated heterocycles. The molecule has 0 heterocycles. The molecule has 1 aliphatic carbocycles. The van der Waals surface area contributed by atoms with Gasteiger partial charge in [-0.3, -0.25) is 14.4 Å². The first kappa shape index (κ1) is 26.4. The molecule has 1 rings (SSSR count). The van der Waals surface area contributed by atoms with Crippen molar-refractivity contribution in [3.05, 3.63) is 0 Å². The predicted octanol–water partition coefficient (Wildman–Crippen LogP) is 4.36. The Morgan fingerprint density at radius 3 is 2.23 bits per heavy atom. The number of hydrogen-bond donors (Lipinski definition) is 2. The summed E-state index contributed by atoms with van der Waals surface area (Å²) in [6.45, 7) is 8.02. The SMILES string of the molecule is CCCCCCCC1CCC(C(=O)NC(C(=O)NCC(=O)OCC)C(C)CC)CC1. The second-order valence-corrected chi connectivity index (χ2v) is 8.82. The molecule has 30 heavy (non-hydrogen) atoms. The number of carbonyl (C=O) groups is 3. The minimum absolute atomic E-state index is 0.00407. The molecule has 0 aromatic carbocycles. The van der Waals surface area contributed by atoms with Crippen molar-refractivity contribution >= 4 is 17.8 Å². The fourth-order valence-corrected chi connectivity index (χ4v) is 4.20. The summed E-state index contributed by atoms with van der Waals surface area (Å²) < 4.78 is 4.85. The van der Waals surface area contributed by atoms with E-state index in [-0.39, 0.29) is 36.8 Å². The summed E-state index contributed by atoms with van der Waals surface area (Å²) in [6.07, 6.45) is 12.6. The number of hydrogen-bond acceptors (Lipinski definition) is 4. The zero-order valence-electron chi connectivity index (χ0n) is 19.6. The van der Waals surface area contributed by atoms with Crippen molar-refractivity contribution in [2.45, 2.75) is 104 Å². The van der Waals surface area contributed by atoms with Crippen LogP contribution in [0.25, 0.3) is 0 Å². The number of rotatable bonds is 14. The van der Waals surface area contributed by atoms with Gasteiger partial charge in [0.15, 0.2) is 0 Å². The van der Waals surface area contributed by atoms with E-state index in [0.717, 1.165) is 38.0 Å². The maximum absolute atomic E-state index is 12.8. The van der Waals surface area contributed by atoms with Gasteiger partial charge in [0, 0.05) is 5.92 Å². The van der Waals surface area contributed by atoms with Gasteiger partial charge < -0.3 is 15.4 Å². The molecule has 0 bridgehead atoms. The van der Waals surface area contributed by atoms with Crippen LogP contribution in [0.5, 0.6) is 0 Å². The van der Waals surface area contributed by atoms with Crippen LogP contribution in [0.2, 0.25) is 0 Å². The van der Waals surface area contributed by atoms with Crippen molar-refractivity contribution in [1.29, 1.82) is 0 Å². The van der Waals surface area contributed by atoms with E-state index in [1.54, 1.807) is 6.92 Å². The lowest BCUT2D eigenvalue weighted by molar-refractivity contribution is -0.143. The second-order valence-electron chi connectivity index (χ2n) is 8.82. The van der Waals surface area contributed by atoms with Crippen molar-refractivity contribution in [3.8, 4) is 0 Å². The number of amides is 2. The van der Waals surface area contributed by atoms with Crippen molar-refractivity contribution < 1.29 is 19.1 Å². The summed E-state index contributed by atoms with van der Waals surface area (Å²) in [5.74, 6) is -0.0668. The van der Waals surface area contributed by atoms with E-state index in [9.17, 15) is 14.4 Å². The Balaban J connectivity index is 2.44. The van der Waals surface area contributed by atoms with Gasteiger partial charge >= 0.3 is 5.97 Å². The minimum atomic E-state index is -0.617. The first-order chi connectivity index (χ1) is 14.4. The Bertz CT molecular complexity index is 515. The van der Waals surface area contributed by atoms with Gasteiger partial charge in [-0.2, -0.15) is 0 Å². The highest BCUT2D eigenvalue weighted by molar-refractivity contribution is 5.90. The van der Waals surface area contributed by atoms with Gasteiger partial charge in [0.25, 0.3) is 0 Å². The first-order valence-corrected chi connectivity index (χ1v) is 12.2. The molecule has 1 saturated carbocycles. The summed E-state index contributed by atoms with van der Waals surface area (Å²) in [7, 11) is 0. The Morgan fingerprint density at radius 1 is 0.967 bits per heavy atom. The van der Waals surface area contributed by atoms with E-state index >= 15 is 0 Å². The Morgan fingerprint density at radius 2 is 1.63 bits per heavy atom. The second kappa shape index (κ2) is 15.2. The van der Waals surface area contributed by atoms with Crippen molar-refractivity contribution in [2.24, 2.45) is 17.8 Å². The van der Waals surface area contributed by atoms with E-state index in [2.05, 4.69) is 17.6 Å². The molecule has 1 fully saturated rings. The molecule has 174 valence electrons.